The van der Waals surface area contributed by atoms with Crippen LogP contribution < -0.4 is 10.6 Å². The Kier molecular flexibility index (Phi) is 10.8. The second kappa shape index (κ2) is 11.3. The van der Waals surface area contributed by atoms with Gasteiger partial charge in [0.25, 0.3) is 0 Å². The molecule has 0 aromatic carbocycles. The van der Waals surface area contributed by atoms with Crippen LogP contribution in [0.25, 0.3) is 0 Å². The van der Waals surface area contributed by atoms with Gasteiger partial charge in [0.2, 0.25) is 0 Å². The van der Waals surface area contributed by atoms with Crippen LogP contribution in [0.5, 0.6) is 0 Å². The molecule has 1 atom stereocenters. The van der Waals surface area contributed by atoms with Gasteiger partial charge in [-0.3, -0.25) is 4.99 Å². The van der Waals surface area contributed by atoms with Gasteiger partial charge in [-0.15, -0.1) is 0 Å². The predicted molar refractivity (Wildman–Crippen MR) is 79.1 cm³/mol. The summed E-state index contributed by atoms with van der Waals surface area (Å²) < 4.78 is 5.49. The first kappa shape index (κ1) is 17.2. The molecule has 4 nitrogen and oxygen atoms in total. The van der Waals surface area contributed by atoms with Crippen molar-refractivity contribution in [3.8, 4) is 0 Å². The Morgan fingerprint density at radius 2 is 1.89 bits per heavy atom. The molecule has 4 heteroatoms. The highest BCUT2D eigenvalue weighted by Crippen LogP contribution is 1.99. The summed E-state index contributed by atoms with van der Waals surface area (Å²) in [7, 11) is 0. The lowest BCUT2D eigenvalue weighted by Crippen LogP contribution is -2.44. The third-order valence-corrected chi connectivity index (χ3v) is 2.86. The lowest BCUT2D eigenvalue weighted by atomic mass is 10.1. The molecule has 0 fully saturated rings. The minimum absolute atomic E-state index is 0.420. The molecule has 0 radical (unpaired) electrons. The summed E-state index contributed by atoms with van der Waals surface area (Å²) in [4.78, 5) is 4.50. The Labute approximate surface area is 113 Å². The molecular formula is C14H31N3O. The van der Waals surface area contributed by atoms with E-state index in [9.17, 15) is 0 Å². The van der Waals surface area contributed by atoms with Crippen LogP contribution in [0.2, 0.25) is 0 Å². The van der Waals surface area contributed by atoms with Crippen molar-refractivity contribution in [1.29, 1.82) is 0 Å². The van der Waals surface area contributed by atoms with E-state index in [0.29, 0.717) is 25.1 Å². The van der Waals surface area contributed by atoms with Crippen LogP contribution in [-0.4, -0.2) is 38.3 Å². The number of nitrogens with one attached hydrogen (secondary N) is 2. The quantitative estimate of drug-likeness (QED) is 0.379. The zero-order valence-corrected chi connectivity index (χ0v) is 12.8. The van der Waals surface area contributed by atoms with E-state index in [-0.39, 0.29) is 0 Å². The number of hydrogen-bond donors (Lipinski definition) is 2. The van der Waals surface area contributed by atoms with Crippen LogP contribution in [-0.2, 0) is 4.74 Å². The van der Waals surface area contributed by atoms with Crippen LogP contribution >= 0.6 is 0 Å². The first-order chi connectivity index (χ1) is 8.61. The van der Waals surface area contributed by atoms with Gasteiger partial charge in [-0.25, -0.2) is 0 Å². The van der Waals surface area contributed by atoms with Crippen molar-refractivity contribution in [2.24, 2.45) is 10.9 Å². The summed E-state index contributed by atoms with van der Waals surface area (Å²) in [6.45, 7) is 14.0. The summed E-state index contributed by atoms with van der Waals surface area (Å²) in [5.41, 5.74) is 0. The molecule has 0 aromatic heterocycles. The third kappa shape index (κ3) is 9.28. The molecule has 0 amide bonds. The van der Waals surface area contributed by atoms with Crippen molar-refractivity contribution in [2.45, 2.75) is 53.5 Å². The predicted octanol–water partition coefficient (Wildman–Crippen LogP) is 2.40. The van der Waals surface area contributed by atoms with E-state index in [0.717, 1.165) is 25.5 Å². The molecule has 0 aliphatic carbocycles. The first-order valence-corrected chi connectivity index (χ1v) is 7.24. The van der Waals surface area contributed by atoms with Crippen LogP contribution in [0.3, 0.4) is 0 Å². The van der Waals surface area contributed by atoms with Gasteiger partial charge in [0.15, 0.2) is 5.96 Å². The molecule has 0 bridgehead atoms. The Morgan fingerprint density at radius 3 is 2.44 bits per heavy atom. The van der Waals surface area contributed by atoms with Crippen molar-refractivity contribution >= 4 is 5.96 Å². The molecule has 0 heterocycles. The van der Waals surface area contributed by atoms with Crippen molar-refractivity contribution in [1.82, 2.24) is 10.6 Å². The number of aliphatic imine (C=N–C) groups is 1. The lowest BCUT2D eigenvalue weighted by molar-refractivity contribution is 0.138. The Bertz CT molecular complexity index is 217. The Morgan fingerprint density at radius 1 is 1.17 bits per heavy atom. The second-order valence-electron chi connectivity index (χ2n) is 4.90. The third-order valence-electron chi connectivity index (χ3n) is 2.86. The van der Waals surface area contributed by atoms with Crippen molar-refractivity contribution < 1.29 is 4.74 Å². The molecule has 0 rings (SSSR count). The molecule has 2 N–H and O–H groups in total. The van der Waals surface area contributed by atoms with Crippen LogP contribution in [0.15, 0.2) is 4.99 Å². The Hall–Kier alpha value is -0.770. The fourth-order valence-corrected chi connectivity index (χ4v) is 1.27. The molecule has 1 unspecified atom stereocenters. The number of guanidine groups is 1. The van der Waals surface area contributed by atoms with Crippen molar-refractivity contribution in [3.63, 3.8) is 0 Å². The standard InChI is InChI=1S/C14H31N3O/c1-6-8-10-18-11-9-16-14(15-7-2)17-13(5)12(3)4/h12-13H,6-11H2,1-5H3,(H2,15,16,17). The SMILES string of the molecule is CCCCOCCN=C(NCC)NC(C)C(C)C. The highest BCUT2D eigenvalue weighted by molar-refractivity contribution is 5.80. The number of ether oxygens (including phenoxy) is 1. The van der Waals surface area contributed by atoms with Gasteiger partial charge in [-0.05, 0) is 26.2 Å². The summed E-state index contributed by atoms with van der Waals surface area (Å²) in [6, 6.07) is 0.420. The minimum atomic E-state index is 0.420. The average Bonchev–Trinajstić information content (AvgIpc) is 2.33. The van der Waals surface area contributed by atoms with E-state index < -0.39 is 0 Å². The largest absolute Gasteiger partial charge is 0.380 e. The summed E-state index contributed by atoms with van der Waals surface area (Å²) >= 11 is 0. The van der Waals surface area contributed by atoms with Crippen molar-refractivity contribution in [2.75, 3.05) is 26.3 Å². The highest BCUT2D eigenvalue weighted by atomic mass is 16.5. The number of rotatable bonds is 9. The van der Waals surface area contributed by atoms with Crippen LogP contribution in [0.1, 0.15) is 47.5 Å². The molecule has 18 heavy (non-hydrogen) atoms. The van der Waals surface area contributed by atoms with E-state index in [1.807, 2.05) is 0 Å². The molecule has 108 valence electrons. The number of hydrogen-bond acceptors (Lipinski definition) is 2. The lowest BCUT2D eigenvalue weighted by Gasteiger charge is -2.20. The van der Waals surface area contributed by atoms with E-state index in [4.69, 9.17) is 4.74 Å². The Balaban J connectivity index is 3.92. The van der Waals surface area contributed by atoms with E-state index in [1.165, 1.54) is 6.42 Å². The average molecular weight is 257 g/mol. The fraction of sp³-hybridized carbons (Fsp3) is 0.929. The highest BCUT2D eigenvalue weighted by Gasteiger charge is 2.08. The summed E-state index contributed by atoms with van der Waals surface area (Å²) in [5, 5.41) is 6.66. The van der Waals surface area contributed by atoms with Gasteiger partial charge in [0, 0.05) is 19.2 Å². The van der Waals surface area contributed by atoms with Gasteiger partial charge in [0.05, 0.1) is 13.2 Å². The van der Waals surface area contributed by atoms with Gasteiger partial charge in [0.1, 0.15) is 0 Å². The van der Waals surface area contributed by atoms with Gasteiger partial charge in [-0.1, -0.05) is 27.2 Å². The smallest absolute Gasteiger partial charge is 0.191 e. The number of nitrogens with zero attached hydrogens (tertiary/aromatic N) is 1. The maximum Gasteiger partial charge on any atom is 0.191 e. The van der Waals surface area contributed by atoms with E-state index in [1.54, 1.807) is 0 Å². The molecule has 0 saturated carbocycles. The van der Waals surface area contributed by atoms with Gasteiger partial charge in [-0.2, -0.15) is 0 Å². The van der Waals surface area contributed by atoms with Crippen LogP contribution in [0, 0.1) is 5.92 Å². The van der Waals surface area contributed by atoms with Gasteiger partial charge < -0.3 is 15.4 Å². The topological polar surface area (TPSA) is 45.6 Å². The fourth-order valence-electron chi connectivity index (χ4n) is 1.27. The second-order valence-corrected chi connectivity index (χ2v) is 4.90. The molecular weight excluding hydrogens is 226 g/mol. The zero-order valence-electron chi connectivity index (χ0n) is 12.8. The maximum absolute atomic E-state index is 5.49. The molecule has 0 aliphatic heterocycles. The first-order valence-electron chi connectivity index (χ1n) is 7.24. The zero-order chi connectivity index (χ0) is 13.8. The monoisotopic (exact) mass is 257 g/mol. The molecule has 0 aliphatic rings. The van der Waals surface area contributed by atoms with Crippen molar-refractivity contribution in [3.05, 3.63) is 0 Å². The maximum atomic E-state index is 5.49. The van der Waals surface area contributed by atoms with E-state index >= 15 is 0 Å². The molecule has 0 saturated heterocycles. The normalized spacial score (nSPS) is 13.8. The van der Waals surface area contributed by atoms with Gasteiger partial charge >= 0.3 is 0 Å². The van der Waals surface area contributed by atoms with E-state index in [2.05, 4.69) is 50.2 Å². The van der Waals surface area contributed by atoms with Crippen LogP contribution in [0.4, 0.5) is 0 Å². The minimum Gasteiger partial charge on any atom is -0.380 e. The summed E-state index contributed by atoms with van der Waals surface area (Å²) in [5.74, 6) is 1.48. The molecule has 0 spiro atoms. The number of unbranched alkanes of at least 4 members (excludes halogenated alkanes) is 1. The summed E-state index contributed by atoms with van der Waals surface area (Å²) in [6.07, 6.45) is 2.31. The molecule has 0 aromatic rings.